The third kappa shape index (κ3) is 4.63. The number of aryl methyl sites for hydroxylation is 1. The third-order valence-electron chi connectivity index (χ3n) is 3.80. The quantitative estimate of drug-likeness (QED) is 0.740. The first-order valence-electron chi connectivity index (χ1n) is 8.28. The molecule has 3 nitrogen and oxygen atoms in total. The first kappa shape index (κ1) is 16.2. The van der Waals surface area contributed by atoms with Crippen molar-refractivity contribution < 1.29 is 9.47 Å². The van der Waals surface area contributed by atoms with E-state index >= 15 is 0 Å². The minimum Gasteiger partial charge on any atom is -0.494 e. The molecule has 3 heteroatoms. The van der Waals surface area contributed by atoms with Gasteiger partial charge in [-0.25, -0.2) is 0 Å². The normalized spacial score (nSPS) is 16.9. The fourth-order valence-electron chi connectivity index (χ4n) is 2.80. The predicted octanol–water partition coefficient (Wildman–Crippen LogP) is 3.73. The summed E-state index contributed by atoms with van der Waals surface area (Å²) < 4.78 is 11.7. The lowest BCUT2D eigenvalue weighted by atomic mass is 10.0. The lowest BCUT2D eigenvalue weighted by molar-refractivity contribution is 0.254. The minimum atomic E-state index is 0.292. The molecule has 0 fully saturated rings. The van der Waals surface area contributed by atoms with Crippen molar-refractivity contribution in [2.24, 2.45) is 0 Å². The topological polar surface area (TPSA) is 30.5 Å². The van der Waals surface area contributed by atoms with Crippen molar-refractivity contribution in [1.29, 1.82) is 0 Å². The first-order chi connectivity index (χ1) is 10.1. The molecule has 0 saturated carbocycles. The second-order valence-corrected chi connectivity index (χ2v) is 6.20. The summed E-state index contributed by atoms with van der Waals surface area (Å²) in [6, 6.07) is 4.95. The van der Waals surface area contributed by atoms with Crippen LogP contribution in [0.4, 0.5) is 0 Å². The monoisotopic (exact) mass is 291 g/mol. The molecule has 0 spiro atoms. The number of ether oxygens (including phenoxy) is 2. The van der Waals surface area contributed by atoms with E-state index < -0.39 is 0 Å². The van der Waals surface area contributed by atoms with Crippen molar-refractivity contribution in [3.63, 3.8) is 0 Å². The molecule has 0 saturated heterocycles. The molecular formula is C18H29NO2. The van der Waals surface area contributed by atoms with Crippen molar-refractivity contribution in [3.05, 3.63) is 23.3 Å². The number of unbranched alkanes of at least 4 members (excludes halogenated alkanes) is 1. The van der Waals surface area contributed by atoms with E-state index in [-0.39, 0.29) is 0 Å². The van der Waals surface area contributed by atoms with Gasteiger partial charge in [0.1, 0.15) is 17.6 Å². The molecule has 0 amide bonds. The van der Waals surface area contributed by atoms with Gasteiger partial charge < -0.3 is 14.8 Å². The van der Waals surface area contributed by atoms with Gasteiger partial charge in [0, 0.05) is 18.0 Å². The Morgan fingerprint density at radius 3 is 2.86 bits per heavy atom. The number of fused-ring (bicyclic) bond motifs is 1. The fraction of sp³-hybridized carbons (Fsp3) is 0.667. The van der Waals surface area contributed by atoms with Crippen LogP contribution in [0, 0.1) is 0 Å². The molecular weight excluding hydrogens is 262 g/mol. The molecule has 1 N–H and O–H groups in total. The maximum absolute atomic E-state index is 5.87. The molecule has 2 rings (SSSR count). The molecule has 1 heterocycles. The molecule has 0 aliphatic carbocycles. The molecule has 21 heavy (non-hydrogen) atoms. The van der Waals surface area contributed by atoms with Crippen LogP contribution < -0.4 is 14.8 Å². The van der Waals surface area contributed by atoms with Crippen molar-refractivity contribution >= 4 is 0 Å². The molecule has 1 unspecified atom stereocenters. The molecule has 1 aromatic carbocycles. The Hall–Kier alpha value is -1.22. The van der Waals surface area contributed by atoms with Gasteiger partial charge in [-0.05, 0) is 57.4 Å². The van der Waals surface area contributed by atoms with Crippen LogP contribution in [0.5, 0.6) is 11.5 Å². The van der Waals surface area contributed by atoms with Crippen LogP contribution in [0.15, 0.2) is 12.1 Å². The molecule has 118 valence electrons. The van der Waals surface area contributed by atoms with Gasteiger partial charge in [0.05, 0.1) is 6.61 Å². The molecule has 0 radical (unpaired) electrons. The number of hydrogen-bond acceptors (Lipinski definition) is 3. The molecule has 1 atom stereocenters. The maximum Gasteiger partial charge on any atom is 0.123 e. The minimum absolute atomic E-state index is 0.292. The number of nitrogens with one attached hydrogen (secondary N) is 1. The summed E-state index contributed by atoms with van der Waals surface area (Å²) in [5.74, 6) is 2.10. The molecule has 1 aliphatic rings. The van der Waals surface area contributed by atoms with Gasteiger partial charge in [-0.15, -0.1) is 0 Å². The van der Waals surface area contributed by atoms with Gasteiger partial charge in [-0.2, -0.15) is 0 Å². The van der Waals surface area contributed by atoms with Crippen LogP contribution in [-0.4, -0.2) is 25.3 Å². The van der Waals surface area contributed by atoms with Gasteiger partial charge in [-0.3, -0.25) is 0 Å². The Balaban J connectivity index is 1.96. The summed E-state index contributed by atoms with van der Waals surface area (Å²) in [6.07, 6.45) is 4.71. The molecule has 0 bridgehead atoms. The highest BCUT2D eigenvalue weighted by molar-refractivity contribution is 5.48. The second-order valence-electron chi connectivity index (χ2n) is 6.20. The van der Waals surface area contributed by atoms with E-state index in [1.54, 1.807) is 0 Å². The van der Waals surface area contributed by atoms with E-state index in [9.17, 15) is 0 Å². The van der Waals surface area contributed by atoms with Crippen LogP contribution in [0.3, 0.4) is 0 Å². The van der Waals surface area contributed by atoms with Crippen molar-refractivity contribution in [3.8, 4) is 11.5 Å². The zero-order valence-electron chi connectivity index (χ0n) is 13.9. The van der Waals surface area contributed by atoms with Crippen molar-refractivity contribution in [1.82, 2.24) is 5.32 Å². The third-order valence-corrected chi connectivity index (χ3v) is 3.80. The highest BCUT2D eigenvalue weighted by Gasteiger charge is 2.21. The Morgan fingerprint density at radius 1 is 1.33 bits per heavy atom. The largest absolute Gasteiger partial charge is 0.494 e. The fourth-order valence-corrected chi connectivity index (χ4v) is 2.80. The van der Waals surface area contributed by atoms with E-state index in [0.29, 0.717) is 12.1 Å². The summed E-state index contributed by atoms with van der Waals surface area (Å²) in [4.78, 5) is 0. The Morgan fingerprint density at radius 2 is 2.14 bits per heavy atom. The van der Waals surface area contributed by atoms with Gasteiger partial charge in [0.25, 0.3) is 0 Å². The van der Waals surface area contributed by atoms with Gasteiger partial charge >= 0.3 is 0 Å². The van der Waals surface area contributed by atoms with Crippen LogP contribution >= 0.6 is 0 Å². The van der Waals surface area contributed by atoms with E-state index in [4.69, 9.17) is 9.47 Å². The van der Waals surface area contributed by atoms with E-state index in [1.165, 1.54) is 24.0 Å². The van der Waals surface area contributed by atoms with Crippen molar-refractivity contribution in [2.75, 3.05) is 13.2 Å². The highest BCUT2D eigenvalue weighted by atomic mass is 16.5. The average molecular weight is 291 g/mol. The zero-order valence-corrected chi connectivity index (χ0v) is 13.9. The zero-order chi connectivity index (χ0) is 15.2. The summed E-state index contributed by atoms with van der Waals surface area (Å²) in [7, 11) is 0. The van der Waals surface area contributed by atoms with Gasteiger partial charge in [0.15, 0.2) is 0 Å². The molecule has 1 aromatic rings. The Labute approximate surface area is 129 Å². The summed E-state index contributed by atoms with van der Waals surface area (Å²) in [6.45, 7) is 10.3. The molecule has 0 aromatic heterocycles. The predicted molar refractivity (Wildman–Crippen MR) is 87.5 cm³/mol. The highest BCUT2D eigenvalue weighted by Crippen LogP contribution is 2.35. The Kier molecular flexibility index (Phi) is 5.92. The van der Waals surface area contributed by atoms with Crippen LogP contribution in [-0.2, 0) is 12.8 Å². The summed E-state index contributed by atoms with van der Waals surface area (Å²) in [5, 5.41) is 3.46. The Bertz CT molecular complexity index is 457. The lowest BCUT2D eigenvalue weighted by Gasteiger charge is -2.13. The standard InChI is InChI=1S/C18H29NO2/c1-5-20-17-12-16-10-14(4)21-18(16)11-15(17)8-6-7-9-19-13(2)3/h11-14,19H,5-10H2,1-4H3. The van der Waals surface area contributed by atoms with Gasteiger partial charge in [0.2, 0.25) is 0 Å². The van der Waals surface area contributed by atoms with Crippen LogP contribution in [0.1, 0.15) is 51.7 Å². The van der Waals surface area contributed by atoms with E-state index in [2.05, 4.69) is 38.2 Å². The number of hydrogen-bond donors (Lipinski definition) is 1. The van der Waals surface area contributed by atoms with Crippen LogP contribution in [0.25, 0.3) is 0 Å². The lowest BCUT2D eigenvalue weighted by Crippen LogP contribution is -2.23. The number of rotatable bonds is 8. The second kappa shape index (κ2) is 7.69. The van der Waals surface area contributed by atoms with Crippen LogP contribution in [0.2, 0.25) is 0 Å². The first-order valence-corrected chi connectivity index (χ1v) is 8.28. The van der Waals surface area contributed by atoms with E-state index in [0.717, 1.165) is 37.5 Å². The summed E-state index contributed by atoms with van der Waals surface area (Å²) in [5.41, 5.74) is 2.57. The van der Waals surface area contributed by atoms with Gasteiger partial charge in [-0.1, -0.05) is 13.8 Å². The number of benzene rings is 1. The van der Waals surface area contributed by atoms with E-state index in [1.807, 2.05) is 6.92 Å². The smallest absolute Gasteiger partial charge is 0.123 e. The van der Waals surface area contributed by atoms with Crippen molar-refractivity contribution in [2.45, 2.75) is 65.5 Å². The SMILES string of the molecule is CCOc1cc2c(cc1CCCCNC(C)C)OC(C)C2. The average Bonchev–Trinajstić information content (AvgIpc) is 2.77. The molecule has 1 aliphatic heterocycles. The maximum atomic E-state index is 5.87. The summed E-state index contributed by atoms with van der Waals surface area (Å²) >= 11 is 0.